The molecule has 0 amide bonds. The molecule has 2 aromatic rings. The minimum Gasteiger partial charge on any atom is -0.484 e. The highest BCUT2D eigenvalue weighted by Gasteiger charge is 2.27. The lowest BCUT2D eigenvalue weighted by Crippen LogP contribution is -2.20. The molecule has 3 rings (SSSR count). The molecule has 2 aromatic carbocycles. The van der Waals surface area contributed by atoms with Crippen LogP contribution in [0.1, 0.15) is 45.1 Å². The van der Waals surface area contributed by atoms with Crippen molar-refractivity contribution in [2.45, 2.75) is 33.3 Å². The predicted octanol–water partition coefficient (Wildman–Crippen LogP) is 4.32. The molecule has 0 N–H and O–H groups in total. The van der Waals surface area contributed by atoms with Crippen LogP contribution in [0, 0.1) is 20.8 Å². The summed E-state index contributed by atoms with van der Waals surface area (Å²) in [5, 5.41) is 0. The number of fused-ring (bicyclic) bond motifs is 1. The number of rotatable bonds is 1. The second kappa shape index (κ2) is 4.78. The lowest BCUT2D eigenvalue weighted by atomic mass is 9.94. The van der Waals surface area contributed by atoms with Crippen LogP contribution in [0.3, 0.4) is 0 Å². The first-order chi connectivity index (χ1) is 9.54. The second-order valence-corrected chi connectivity index (χ2v) is 5.58. The van der Waals surface area contributed by atoms with Gasteiger partial charge in [0.25, 0.3) is 0 Å². The Labute approximate surface area is 119 Å². The molecular formula is C18H18O2. The van der Waals surface area contributed by atoms with Gasteiger partial charge in [0.2, 0.25) is 0 Å². The van der Waals surface area contributed by atoms with Gasteiger partial charge in [0.15, 0.2) is 5.78 Å². The fraction of sp³-hybridized carbons (Fsp3) is 0.278. The highest BCUT2D eigenvalue weighted by atomic mass is 16.5. The lowest BCUT2D eigenvalue weighted by Gasteiger charge is -2.26. The van der Waals surface area contributed by atoms with Crippen LogP contribution in [-0.2, 0) is 0 Å². The predicted molar refractivity (Wildman–Crippen MR) is 79.4 cm³/mol. The van der Waals surface area contributed by atoms with Crippen LogP contribution in [0.5, 0.6) is 5.75 Å². The van der Waals surface area contributed by atoms with E-state index in [1.165, 1.54) is 11.1 Å². The van der Waals surface area contributed by atoms with Gasteiger partial charge in [0, 0.05) is 0 Å². The topological polar surface area (TPSA) is 26.3 Å². The van der Waals surface area contributed by atoms with E-state index < -0.39 is 0 Å². The summed E-state index contributed by atoms with van der Waals surface area (Å²) in [5.74, 6) is 0.869. The highest BCUT2D eigenvalue weighted by Crippen LogP contribution is 2.35. The monoisotopic (exact) mass is 266 g/mol. The van der Waals surface area contributed by atoms with Crippen LogP contribution >= 0.6 is 0 Å². The quantitative estimate of drug-likeness (QED) is 0.768. The van der Waals surface area contributed by atoms with E-state index >= 15 is 0 Å². The van der Waals surface area contributed by atoms with Gasteiger partial charge in [-0.05, 0) is 49.6 Å². The van der Waals surface area contributed by atoms with Gasteiger partial charge in [-0.2, -0.15) is 0 Å². The molecule has 0 spiro atoms. The normalized spacial score (nSPS) is 17.6. The van der Waals surface area contributed by atoms with Gasteiger partial charge in [-0.15, -0.1) is 0 Å². The molecular weight excluding hydrogens is 248 g/mol. The maximum absolute atomic E-state index is 12.3. The molecule has 1 heterocycles. The van der Waals surface area contributed by atoms with Crippen molar-refractivity contribution in [1.82, 2.24) is 0 Å². The zero-order chi connectivity index (χ0) is 14.3. The average Bonchev–Trinajstić information content (AvgIpc) is 2.42. The van der Waals surface area contributed by atoms with Crippen LogP contribution in [-0.4, -0.2) is 5.78 Å². The molecule has 0 aromatic heterocycles. The zero-order valence-electron chi connectivity index (χ0n) is 12.1. The standard InChI is InChI=1S/C18H18O2/c1-11-4-7-17-15(8-11)16(19)10-18(20-17)14-6-5-12(2)13(3)9-14/h4-9,18H,10H2,1-3H3. The Morgan fingerprint density at radius 2 is 1.80 bits per heavy atom. The molecule has 1 atom stereocenters. The fourth-order valence-corrected chi connectivity index (χ4v) is 2.59. The number of hydrogen-bond donors (Lipinski definition) is 0. The number of carbonyl (C=O) groups is 1. The van der Waals surface area contributed by atoms with Gasteiger partial charge in [0.1, 0.15) is 11.9 Å². The summed E-state index contributed by atoms with van der Waals surface area (Å²) >= 11 is 0. The molecule has 1 aliphatic heterocycles. The van der Waals surface area contributed by atoms with Crippen molar-refractivity contribution >= 4 is 5.78 Å². The van der Waals surface area contributed by atoms with Gasteiger partial charge < -0.3 is 4.74 Å². The Hall–Kier alpha value is -2.09. The molecule has 0 radical (unpaired) electrons. The number of carbonyl (C=O) groups excluding carboxylic acids is 1. The molecule has 2 nitrogen and oxygen atoms in total. The molecule has 0 bridgehead atoms. The highest BCUT2D eigenvalue weighted by molar-refractivity contribution is 6.00. The molecule has 0 fully saturated rings. The molecule has 102 valence electrons. The molecule has 2 heteroatoms. The number of hydrogen-bond acceptors (Lipinski definition) is 2. The summed E-state index contributed by atoms with van der Waals surface area (Å²) < 4.78 is 6.02. The summed E-state index contributed by atoms with van der Waals surface area (Å²) in [6.07, 6.45) is 0.246. The molecule has 0 saturated carbocycles. The van der Waals surface area contributed by atoms with Crippen molar-refractivity contribution in [3.63, 3.8) is 0 Å². The van der Waals surface area contributed by atoms with E-state index in [0.29, 0.717) is 17.7 Å². The maximum atomic E-state index is 12.3. The van der Waals surface area contributed by atoms with Crippen LogP contribution in [0.4, 0.5) is 0 Å². The summed E-state index contributed by atoms with van der Waals surface area (Å²) in [6.45, 7) is 6.16. The average molecular weight is 266 g/mol. The summed E-state index contributed by atoms with van der Waals surface area (Å²) in [4.78, 5) is 12.3. The number of Topliss-reactive ketones (excluding diaryl/α,β-unsaturated/α-hetero) is 1. The minimum atomic E-state index is -0.169. The van der Waals surface area contributed by atoms with E-state index in [1.807, 2.05) is 25.1 Å². The van der Waals surface area contributed by atoms with Crippen molar-refractivity contribution in [2.24, 2.45) is 0 Å². The first-order valence-electron chi connectivity index (χ1n) is 6.92. The van der Waals surface area contributed by atoms with Gasteiger partial charge >= 0.3 is 0 Å². The Bertz CT molecular complexity index is 686. The summed E-state index contributed by atoms with van der Waals surface area (Å²) in [5.41, 5.74) is 5.36. The van der Waals surface area contributed by atoms with E-state index in [9.17, 15) is 4.79 Å². The van der Waals surface area contributed by atoms with Crippen molar-refractivity contribution in [3.05, 3.63) is 64.2 Å². The Kier molecular flexibility index (Phi) is 3.09. The number of benzene rings is 2. The van der Waals surface area contributed by atoms with Crippen LogP contribution in [0.2, 0.25) is 0 Å². The zero-order valence-corrected chi connectivity index (χ0v) is 12.1. The van der Waals surface area contributed by atoms with Crippen molar-refractivity contribution in [2.75, 3.05) is 0 Å². The summed E-state index contributed by atoms with van der Waals surface area (Å²) in [7, 11) is 0. The Morgan fingerprint density at radius 3 is 2.55 bits per heavy atom. The van der Waals surface area contributed by atoms with Crippen molar-refractivity contribution in [1.29, 1.82) is 0 Å². The molecule has 1 aliphatic rings. The third-order valence-corrected chi connectivity index (χ3v) is 3.98. The molecule has 0 aliphatic carbocycles. The largest absolute Gasteiger partial charge is 0.484 e. The number of aryl methyl sites for hydroxylation is 3. The van der Waals surface area contributed by atoms with E-state index in [4.69, 9.17) is 4.74 Å². The number of ketones is 1. The van der Waals surface area contributed by atoms with Crippen molar-refractivity contribution in [3.8, 4) is 5.75 Å². The van der Waals surface area contributed by atoms with E-state index in [0.717, 1.165) is 11.1 Å². The van der Waals surface area contributed by atoms with Crippen LogP contribution in [0.25, 0.3) is 0 Å². The first kappa shape index (κ1) is 12.9. The van der Waals surface area contributed by atoms with Crippen LogP contribution < -0.4 is 4.74 Å². The third-order valence-electron chi connectivity index (χ3n) is 3.98. The van der Waals surface area contributed by atoms with E-state index in [2.05, 4.69) is 32.0 Å². The molecule has 0 saturated heterocycles. The first-order valence-corrected chi connectivity index (χ1v) is 6.92. The van der Waals surface area contributed by atoms with E-state index in [-0.39, 0.29) is 11.9 Å². The van der Waals surface area contributed by atoms with Gasteiger partial charge in [-0.3, -0.25) is 4.79 Å². The van der Waals surface area contributed by atoms with E-state index in [1.54, 1.807) is 0 Å². The second-order valence-electron chi connectivity index (χ2n) is 5.58. The van der Waals surface area contributed by atoms with Gasteiger partial charge in [0.05, 0.1) is 12.0 Å². The fourth-order valence-electron chi connectivity index (χ4n) is 2.59. The van der Waals surface area contributed by atoms with Gasteiger partial charge in [-0.1, -0.05) is 29.8 Å². The lowest BCUT2D eigenvalue weighted by molar-refractivity contribution is 0.0850. The van der Waals surface area contributed by atoms with Crippen molar-refractivity contribution < 1.29 is 9.53 Å². The molecule has 20 heavy (non-hydrogen) atoms. The Balaban J connectivity index is 1.97. The summed E-state index contributed by atoms with van der Waals surface area (Å²) in [6, 6.07) is 12.0. The maximum Gasteiger partial charge on any atom is 0.170 e. The van der Waals surface area contributed by atoms with Crippen LogP contribution in [0.15, 0.2) is 36.4 Å². The van der Waals surface area contributed by atoms with Gasteiger partial charge in [-0.25, -0.2) is 0 Å². The minimum absolute atomic E-state index is 0.165. The molecule has 1 unspecified atom stereocenters. The Morgan fingerprint density at radius 1 is 1.00 bits per heavy atom. The third kappa shape index (κ3) is 2.22. The number of ether oxygens (including phenoxy) is 1. The smallest absolute Gasteiger partial charge is 0.170 e. The SMILES string of the molecule is Cc1ccc2c(c1)C(=O)CC(c1ccc(C)c(C)c1)O2.